The predicted molar refractivity (Wildman–Crippen MR) is 131 cm³/mol. The van der Waals surface area contributed by atoms with Gasteiger partial charge in [0.05, 0.1) is 0 Å². The Morgan fingerprint density at radius 2 is 1.40 bits per heavy atom. The van der Waals surface area contributed by atoms with Crippen LogP contribution in [0.5, 0.6) is 0 Å². The maximum atomic E-state index is 3.43. The summed E-state index contributed by atoms with van der Waals surface area (Å²) in [6, 6.07) is 18.4. The molecule has 0 atom stereocenters. The van der Waals surface area contributed by atoms with Gasteiger partial charge in [0.15, 0.2) is 0 Å². The molecule has 30 heavy (non-hydrogen) atoms. The highest BCUT2D eigenvalue weighted by molar-refractivity contribution is 5.36. The van der Waals surface area contributed by atoms with Crippen LogP contribution in [-0.2, 0) is 12.8 Å². The number of benzene rings is 2. The quantitative estimate of drug-likeness (QED) is 0.292. The Bertz CT molecular complexity index is 777. The lowest BCUT2D eigenvalue weighted by atomic mass is 9.77. The van der Waals surface area contributed by atoms with Crippen LogP contribution in [0, 0.1) is 17.8 Å². The van der Waals surface area contributed by atoms with E-state index in [-0.39, 0.29) is 0 Å². The molecule has 2 aromatic rings. The van der Waals surface area contributed by atoms with Crippen LogP contribution in [0.25, 0.3) is 0 Å². The van der Waals surface area contributed by atoms with Gasteiger partial charge in [0.1, 0.15) is 0 Å². The highest BCUT2D eigenvalue weighted by Gasteiger charge is 2.21. The zero-order valence-corrected chi connectivity index (χ0v) is 19.3. The van der Waals surface area contributed by atoms with Crippen LogP contribution in [0.15, 0.2) is 48.5 Å². The van der Waals surface area contributed by atoms with Crippen molar-refractivity contribution in [3.8, 4) is 11.8 Å². The first-order valence-corrected chi connectivity index (χ1v) is 12.4. The average molecular weight is 401 g/mol. The normalized spacial score (nSPS) is 18.6. The molecule has 0 heteroatoms. The molecular formula is C30H40. The van der Waals surface area contributed by atoms with Crippen LogP contribution < -0.4 is 0 Å². The van der Waals surface area contributed by atoms with Crippen LogP contribution >= 0.6 is 0 Å². The molecule has 160 valence electrons. The van der Waals surface area contributed by atoms with Gasteiger partial charge in [-0.05, 0) is 92.0 Å². The molecule has 0 radical (unpaired) electrons. The summed E-state index contributed by atoms with van der Waals surface area (Å²) in [4.78, 5) is 0. The van der Waals surface area contributed by atoms with Crippen molar-refractivity contribution in [3.63, 3.8) is 0 Å². The van der Waals surface area contributed by atoms with Crippen molar-refractivity contribution in [1.82, 2.24) is 0 Å². The fourth-order valence-electron chi connectivity index (χ4n) is 4.80. The Hall–Kier alpha value is -2.00. The molecule has 0 bridgehead atoms. The summed E-state index contributed by atoms with van der Waals surface area (Å²) in [7, 11) is 0. The van der Waals surface area contributed by atoms with Gasteiger partial charge in [-0.1, -0.05) is 81.3 Å². The molecule has 0 unspecified atom stereocenters. The lowest BCUT2D eigenvalue weighted by Gasteiger charge is -2.28. The van der Waals surface area contributed by atoms with E-state index >= 15 is 0 Å². The summed E-state index contributed by atoms with van der Waals surface area (Å²) >= 11 is 0. The van der Waals surface area contributed by atoms with Crippen LogP contribution in [0.3, 0.4) is 0 Å². The number of unbranched alkanes of at least 4 members (excludes halogenated alkanes) is 2. The van der Waals surface area contributed by atoms with E-state index in [9.17, 15) is 0 Å². The molecule has 0 nitrogen and oxygen atoms in total. The van der Waals surface area contributed by atoms with E-state index in [0.717, 1.165) is 18.3 Å². The van der Waals surface area contributed by atoms with Gasteiger partial charge in [-0.3, -0.25) is 0 Å². The molecular weight excluding hydrogens is 360 g/mol. The van der Waals surface area contributed by atoms with Gasteiger partial charge in [-0.2, -0.15) is 0 Å². The third-order valence-corrected chi connectivity index (χ3v) is 6.77. The highest BCUT2D eigenvalue weighted by Crippen LogP contribution is 2.37. The molecule has 3 rings (SSSR count). The molecule has 0 heterocycles. The number of hydrogen-bond donors (Lipinski definition) is 0. The second-order valence-electron chi connectivity index (χ2n) is 9.20. The predicted octanol–water partition coefficient (Wildman–Crippen LogP) is 8.48. The van der Waals surface area contributed by atoms with E-state index in [1.807, 2.05) is 0 Å². The van der Waals surface area contributed by atoms with E-state index in [1.165, 1.54) is 87.3 Å². The zero-order chi connectivity index (χ0) is 21.0. The zero-order valence-electron chi connectivity index (χ0n) is 19.3. The van der Waals surface area contributed by atoms with Gasteiger partial charge in [0.25, 0.3) is 0 Å². The maximum Gasteiger partial charge on any atom is 0.0245 e. The van der Waals surface area contributed by atoms with Gasteiger partial charge in [-0.15, -0.1) is 0 Å². The molecule has 0 saturated heterocycles. The van der Waals surface area contributed by atoms with Crippen molar-refractivity contribution in [2.45, 2.75) is 96.8 Å². The van der Waals surface area contributed by atoms with E-state index in [2.05, 4.69) is 74.2 Å². The molecule has 0 aromatic heterocycles. The number of rotatable bonds is 9. The fourth-order valence-corrected chi connectivity index (χ4v) is 4.80. The van der Waals surface area contributed by atoms with Crippen LogP contribution in [0.2, 0.25) is 0 Å². The van der Waals surface area contributed by atoms with Gasteiger partial charge >= 0.3 is 0 Å². The Balaban J connectivity index is 1.37. The van der Waals surface area contributed by atoms with E-state index in [4.69, 9.17) is 0 Å². The lowest BCUT2D eigenvalue weighted by molar-refractivity contribution is 0.313. The number of hydrogen-bond acceptors (Lipinski definition) is 0. The maximum absolute atomic E-state index is 3.43. The highest BCUT2D eigenvalue weighted by atomic mass is 14.3. The molecule has 0 aliphatic heterocycles. The lowest BCUT2D eigenvalue weighted by Crippen LogP contribution is -2.13. The smallest absolute Gasteiger partial charge is 0.0245 e. The van der Waals surface area contributed by atoms with Crippen molar-refractivity contribution in [2.24, 2.45) is 5.92 Å². The Kier molecular flexibility index (Phi) is 9.56. The largest absolute Gasteiger partial charge is 0.0979 e. The minimum absolute atomic E-state index is 0.777. The van der Waals surface area contributed by atoms with E-state index in [1.54, 1.807) is 5.56 Å². The molecule has 2 aromatic carbocycles. The first kappa shape index (κ1) is 22.7. The van der Waals surface area contributed by atoms with Gasteiger partial charge < -0.3 is 0 Å². The summed E-state index contributed by atoms with van der Waals surface area (Å²) in [6.07, 6.45) is 15.3. The van der Waals surface area contributed by atoms with Gasteiger partial charge in [0.2, 0.25) is 0 Å². The van der Waals surface area contributed by atoms with Crippen LogP contribution in [0.4, 0.5) is 0 Å². The van der Waals surface area contributed by atoms with Crippen molar-refractivity contribution in [3.05, 3.63) is 70.8 Å². The Morgan fingerprint density at radius 3 is 2.07 bits per heavy atom. The summed E-state index contributed by atoms with van der Waals surface area (Å²) < 4.78 is 0. The molecule has 0 N–H and O–H groups in total. The summed E-state index contributed by atoms with van der Waals surface area (Å²) in [5.41, 5.74) is 5.67. The molecule has 1 aliphatic rings. The van der Waals surface area contributed by atoms with Crippen molar-refractivity contribution >= 4 is 0 Å². The summed E-state index contributed by atoms with van der Waals surface area (Å²) in [6.45, 7) is 4.52. The van der Waals surface area contributed by atoms with E-state index in [0.29, 0.717) is 0 Å². The topological polar surface area (TPSA) is 0 Å². The first-order valence-electron chi connectivity index (χ1n) is 12.4. The van der Waals surface area contributed by atoms with Crippen LogP contribution in [0.1, 0.15) is 106 Å². The molecule has 0 spiro atoms. The standard InChI is InChI=1S/C30H40/c1-3-5-6-10-26-13-15-27(16-14-26)11-7-8-12-28-19-23-30(24-20-28)29-21-17-25(9-4-2)18-22-29/h13-18,21-22,28,30H,3-6,8-10,12,19-20,23-24H2,1-2H3. The van der Waals surface area contributed by atoms with E-state index < -0.39 is 0 Å². The third-order valence-electron chi connectivity index (χ3n) is 6.77. The minimum atomic E-state index is 0.777. The average Bonchev–Trinajstić information content (AvgIpc) is 2.79. The van der Waals surface area contributed by atoms with Crippen molar-refractivity contribution < 1.29 is 0 Å². The minimum Gasteiger partial charge on any atom is -0.0979 e. The summed E-state index contributed by atoms with van der Waals surface area (Å²) in [5.74, 6) is 8.46. The van der Waals surface area contributed by atoms with Gasteiger partial charge in [-0.25, -0.2) is 0 Å². The molecule has 0 amide bonds. The molecule has 1 aliphatic carbocycles. The third kappa shape index (κ3) is 7.36. The molecule has 1 fully saturated rings. The van der Waals surface area contributed by atoms with Crippen LogP contribution in [-0.4, -0.2) is 0 Å². The van der Waals surface area contributed by atoms with Gasteiger partial charge in [0, 0.05) is 12.0 Å². The fraction of sp³-hybridized carbons (Fsp3) is 0.533. The van der Waals surface area contributed by atoms with Crippen molar-refractivity contribution in [1.29, 1.82) is 0 Å². The number of aryl methyl sites for hydroxylation is 2. The monoisotopic (exact) mass is 400 g/mol. The Labute approximate surface area is 185 Å². The second kappa shape index (κ2) is 12.6. The van der Waals surface area contributed by atoms with Crippen molar-refractivity contribution in [2.75, 3.05) is 0 Å². The second-order valence-corrected chi connectivity index (χ2v) is 9.20. The Morgan fingerprint density at radius 1 is 0.733 bits per heavy atom. The first-order chi connectivity index (χ1) is 14.8. The SMILES string of the molecule is CCCCCc1ccc(C#CCCC2CCC(c3ccc(CCC)cc3)CC2)cc1. The molecule has 1 saturated carbocycles. The summed E-state index contributed by atoms with van der Waals surface area (Å²) in [5, 5.41) is 0.